The van der Waals surface area contributed by atoms with Gasteiger partial charge in [-0.05, 0) is 37.6 Å². The van der Waals surface area contributed by atoms with E-state index in [0.717, 1.165) is 0 Å². The predicted octanol–water partition coefficient (Wildman–Crippen LogP) is 3.33. The van der Waals surface area contributed by atoms with Crippen LogP contribution < -0.4 is 14.8 Å². The molecule has 0 fully saturated rings. The van der Waals surface area contributed by atoms with Gasteiger partial charge in [0.2, 0.25) is 0 Å². The van der Waals surface area contributed by atoms with Gasteiger partial charge in [0.05, 0.1) is 24.7 Å². The molecule has 0 aromatic heterocycles. The second-order valence-corrected chi connectivity index (χ2v) is 6.03. The number of nitro benzene ring substituents is 1. The normalized spacial score (nSPS) is 11.2. The number of nitrogens with one attached hydrogen (secondary N) is 1. The molecule has 0 saturated carbocycles. The van der Waals surface area contributed by atoms with Gasteiger partial charge in [-0.25, -0.2) is 0 Å². The van der Waals surface area contributed by atoms with Crippen LogP contribution in [0.15, 0.2) is 48.5 Å². The van der Waals surface area contributed by atoms with E-state index in [1.165, 1.54) is 32.2 Å². The van der Waals surface area contributed by atoms with Crippen molar-refractivity contribution in [2.75, 3.05) is 19.0 Å². The summed E-state index contributed by atoms with van der Waals surface area (Å²) in [5.41, 5.74) is -0.339. The summed E-state index contributed by atoms with van der Waals surface area (Å²) in [6.07, 6.45) is -0.613. The number of rotatable bonds is 10. The maximum atomic E-state index is 12.2. The van der Waals surface area contributed by atoms with E-state index in [9.17, 15) is 19.7 Å². The van der Waals surface area contributed by atoms with E-state index < -0.39 is 22.9 Å². The van der Waals surface area contributed by atoms with E-state index in [0.29, 0.717) is 18.8 Å². The Kier molecular flexibility index (Phi) is 7.96. The van der Waals surface area contributed by atoms with E-state index in [1.54, 1.807) is 0 Å². The van der Waals surface area contributed by atoms with Crippen molar-refractivity contribution in [1.82, 2.24) is 0 Å². The Bertz CT molecular complexity index is 855. The maximum absolute atomic E-state index is 12.2. The molecule has 2 aromatic carbocycles. The Morgan fingerprint density at radius 1 is 1.14 bits per heavy atom. The number of amides is 1. The number of hydrogen-bond acceptors (Lipinski definition) is 7. The van der Waals surface area contributed by atoms with Gasteiger partial charge in [-0.15, -0.1) is 0 Å². The first-order chi connectivity index (χ1) is 13.9. The molecule has 0 aliphatic heterocycles. The number of nitro groups is 1. The van der Waals surface area contributed by atoms with Crippen molar-refractivity contribution in [3.63, 3.8) is 0 Å². The zero-order valence-corrected chi connectivity index (χ0v) is 16.1. The SMILES string of the molecule is COc1ccc(NC(=O)[C@H](C)OC(=O)CCCOc2ccccc2)c([N+](=O)[O-])c1. The molecule has 1 amide bonds. The minimum absolute atomic E-state index is 0.0139. The lowest BCUT2D eigenvalue weighted by Crippen LogP contribution is -2.30. The molecule has 154 valence electrons. The molecule has 1 N–H and O–H groups in total. The molecule has 0 bridgehead atoms. The van der Waals surface area contributed by atoms with Crippen LogP contribution in [0.1, 0.15) is 19.8 Å². The molecule has 1 atom stereocenters. The van der Waals surface area contributed by atoms with Gasteiger partial charge >= 0.3 is 5.97 Å². The molecule has 0 aliphatic rings. The summed E-state index contributed by atoms with van der Waals surface area (Å²) in [7, 11) is 1.38. The fourth-order valence-corrected chi connectivity index (χ4v) is 2.36. The van der Waals surface area contributed by atoms with Gasteiger partial charge < -0.3 is 19.5 Å². The summed E-state index contributed by atoms with van der Waals surface area (Å²) < 4.78 is 15.5. The van der Waals surface area contributed by atoms with E-state index >= 15 is 0 Å². The molecular formula is C20H22N2O7. The third-order valence-corrected chi connectivity index (χ3v) is 3.87. The van der Waals surface area contributed by atoms with Crippen molar-refractivity contribution in [2.24, 2.45) is 0 Å². The number of nitrogens with zero attached hydrogens (tertiary/aromatic N) is 1. The number of ether oxygens (including phenoxy) is 3. The molecule has 0 spiro atoms. The Morgan fingerprint density at radius 2 is 1.86 bits per heavy atom. The zero-order chi connectivity index (χ0) is 21.2. The molecule has 0 unspecified atom stereocenters. The van der Waals surface area contributed by atoms with Crippen LogP contribution in [0, 0.1) is 10.1 Å². The number of carbonyl (C=O) groups excluding carboxylic acids is 2. The van der Waals surface area contributed by atoms with Crippen LogP contribution in [0.5, 0.6) is 11.5 Å². The first-order valence-corrected chi connectivity index (χ1v) is 8.91. The first-order valence-electron chi connectivity index (χ1n) is 8.91. The smallest absolute Gasteiger partial charge is 0.306 e. The minimum Gasteiger partial charge on any atom is -0.496 e. The average Bonchev–Trinajstić information content (AvgIpc) is 2.72. The molecule has 2 rings (SSSR count). The lowest BCUT2D eigenvalue weighted by Gasteiger charge is -2.14. The summed E-state index contributed by atoms with van der Waals surface area (Å²) in [5.74, 6) is -0.248. The first kappa shape index (κ1) is 21.7. The minimum atomic E-state index is -1.11. The van der Waals surface area contributed by atoms with Gasteiger partial charge in [-0.1, -0.05) is 18.2 Å². The molecule has 29 heavy (non-hydrogen) atoms. The van der Waals surface area contributed by atoms with Crippen molar-refractivity contribution in [2.45, 2.75) is 25.9 Å². The van der Waals surface area contributed by atoms with Gasteiger partial charge in [0.25, 0.3) is 11.6 Å². The summed E-state index contributed by atoms with van der Waals surface area (Å²) in [6, 6.07) is 13.2. The van der Waals surface area contributed by atoms with Crippen LogP contribution in [0.25, 0.3) is 0 Å². The monoisotopic (exact) mass is 402 g/mol. The van der Waals surface area contributed by atoms with Crippen LogP contribution in [0.4, 0.5) is 11.4 Å². The second kappa shape index (κ2) is 10.6. The van der Waals surface area contributed by atoms with Crippen LogP contribution in [0.3, 0.4) is 0 Å². The number of para-hydroxylation sites is 1. The van der Waals surface area contributed by atoms with Crippen molar-refractivity contribution >= 4 is 23.3 Å². The van der Waals surface area contributed by atoms with Crippen molar-refractivity contribution in [3.8, 4) is 11.5 Å². The van der Waals surface area contributed by atoms with Gasteiger partial charge in [0.1, 0.15) is 17.2 Å². The average molecular weight is 402 g/mol. The zero-order valence-electron chi connectivity index (χ0n) is 16.1. The highest BCUT2D eigenvalue weighted by molar-refractivity contribution is 5.97. The highest BCUT2D eigenvalue weighted by Gasteiger charge is 2.22. The van der Waals surface area contributed by atoms with Crippen LogP contribution in [-0.2, 0) is 14.3 Å². The molecule has 0 saturated heterocycles. The predicted molar refractivity (Wildman–Crippen MR) is 105 cm³/mol. The Balaban J connectivity index is 1.81. The van der Waals surface area contributed by atoms with E-state index in [4.69, 9.17) is 14.2 Å². The number of methoxy groups -OCH3 is 1. The highest BCUT2D eigenvalue weighted by Crippen LogP contribution is 2.29. The summed E-state index contributed by atoms with van der Waals surface area (Å²) in [5, 5.41) is 13.6. The summed E-state index contributed by atoms with van der Waals surface area (Å²) in [6.45, 7) is 1.72. The summed E-state index contributed by atoms with van der Waals surface area (Å²) in [4.78, 5) is 34.7. The largest absolute Gasteiger partial charge is 0.496 e. The third-order valence-electron chi connectivity index (χ3n) is 3.87. The Morgan fingerprint density at radius 3 is 2.52 bits per heavy atom. The van der Waals surface area contributed by atoms with Gasteiger partial charge in [0.15, 0.2) is 6.10 Å². The van der Waals surface area contributed by atoms with Gasteiger partial charge in [0, 0.05) is 6.42 Å². The summed E-state index contributed by atoms with van der Waals surface area (Å²) >= 11 is 0. The number of hydrogen-bond donors (Lipinski definition) is 1. The van der Waals surface area contributed by atoms with E-state index in [-0.39, 0.29) is 23.5 Å². The van der Waals surface area contributed by atoms with Gasteiger partial charge in [-0.3, -0.25) is 19.7 Å². The topological polar surface area (TPSA) is 117 Å². The molecule has 9 heteroatoms. The lowest BCUT2D eigenvalue weighted by atomic mass is 10.2. The van der Waals surface area contributed by atoms with Crippen molar-refractivity contribution < 1.29 is 28.7 Å². The third kappa shape index (κ3) is 6.80. The van der Waals surface area contributed by atoms with Crippen LogP contribution in [0.2, 0.25) is 0 Å². The van der Waals surface area contributed by atoms with Gasteiger partial charge in [-0.2, -0.15) is 0 Å². The molecule has 0 heterocycles. The number of carbonyl (C=O) groups is 2. The number of benzene rings is 2. The molecule has 0 radical (unpaired) electrons. The number of anilines is 1. The fraction of sp³-hybridized carbons (Fsp3) is 0.300. The second-order valence-electron chi connectivity index (χ2n) is 6.03. The Labute approximate surface area is 167 Å². The van der Waals surface area contributed by atoms with E-state index in [2.05, 4.69) is 5.32 Å². The molecule has 9 nitrogen and oxygen atoms in total. The highest BCUT2D eigenvalue weighted by atomic mass is 16.6. The lowest BCUT2D eigenvalue weighted by molar-refractivity contribution is -0.384. The fourth-order valence-electron chi connectivity index (χ4n) is 2.36. The Hall–Kier alpha value is -3.62. The van der Waals surface area contributed by atoms with Crippen LogP contribution in [-0.4, -0.2) is 36.6 Å². The molecule has 2 aromatic rings. The van der Waals surface area contributed by atoms with Crippen LogP contribution >= 0.6 is 0 Å². The molecule has 0 aliphatic carbocycles. The number of esters is 1. The maximum Gasteiger partial charge on any atom is 0.306 e. The molecular weight excluding hydrogens is 380 g/mol. The van der Waals surface area contributed by atoms with E-state index in [1.807, 2.05) is 30.3 Å². The van der Waals surface area contributed by atoms with Crippen molar-refractivity contribution in [3.05, 3.63) is 58.6 Å². The standard InChI is InChI=1S/C20H22N2O7/c1-14(29-19(23)9-6-12-28-15-7-4-3-5-8-15)20(24)21-17-11-10-16(27-2)13-18(17)22(25)26/h3-5,7-8,10-11,13-14H,6,9,12H2,1-2H3,(H,21,24)/t14-/m0/s1. The van der Waals surface area contributed by atoms with Crippen molar-refractivity contribution in [1.29, 1.82) is 0 Å². The quantitative estimate of drug-likeness (QED) is 0.280.